The maximum absolute atomic E-state index is 14.1. The summed E-state index contributed by atoms with van der Waals surface area (Å²) in [5.41, 5.74) is -0.888. The number of aryl methyl sites for hydroxylation is 2. The summed E-state index contributed by atoms with van der Waals surface area (Å²) >= 11 is 0. The molecule has 0 aliphatic carbocycles. The molecule has 3 aromatic rings. The fourth-order valence-electron chi connectivity index (χ4n) is 2.84. The van der Waals surface area contributed by atoms with Crippen molar-refractivity contribution in [1.82, 2.24) is 14.8 Å². The number of benzene rings is 1. The Bertz CT molecular complexity index is 975. The van der Waals surface area contributed by atoms with Gasteiger partial charge < -0.3 is 15.2 Å². The van der Waals surface area contributed by atoms with Gasteiger partial charge in [-0.15, -0.1) is 0 Å². The van der Waals surface area contributed by atoms with Crippen LogP contribution in [0.1, 0.15) is 18.5 Å². The number of hydrogen-bond acceptors (Lipinski definition) is 4. The standard InChI is InChI=1S/C17H17F2N3O3/c1-9-12-15(24)16(25)14(13-10(18)5-4-6-11(13)19)20-17(12)22(21-9)7-2-3-8-23/h4-6,23,25H,2-3,7-8H2,1H3,(H,20,24). The minimum Gasteiger partial charge on any atom is -0.503 e. The maximum Gasteiger partial charge on any atom is 0.235 e. The molecule has 132 valence electrons. The summed E-state index contributed by atoms with van der Waals surface area (Å²) in [6.07, 6.45) is 1.16. The van der Waals surface area contributed by atoms with Gasteiger partial charge in [0, 0.05) is 13.2 Å². The molecule has 6 nitrogen and oxygen atoms in total. The molecule has 2 aromatic heterocycles. The third-order valence-electron chi connectivity index (χ3n) is 4.04. The van der Waals surface area contributed by atoms with Crippen molar-refractivity contribution in [1.29, 1.82) is 0 Å². The van der Waals surface area contributed by atoms with Gasteiger partial charge >= 0.3 is 0 Å². The Morgan fingerprint density at radius 2 is 1.92 bits per heavy atom. The number of aliphatic hydroxyl groups is 1. The summed E-state index contributed by atoms with van der Waals surface area (Å²) in [6.45, 7) is 2.05. The van der Waals surface area contributed by atoms with E-state index in [1.807, 2.05) is 0 Å². The number of halogens is 2. The molecule has 0 saturated heterocycles. The summed E-state index contributed by atoms with van der Waals surface area (Å²) in [7, 11) is 0. The SMILES string of the molecule is Cc1nn(CCCCO)c2[nH]c(-c3c(F)cccc3F)c(O)c(=O)c12. The summed E-state index contributed by atoms with van der Waals surface area (Å²) in [6, 6.07) is 3.29. The van der Waals surface area contributed by atoms with Crippen LogP contribution in [0.15, 0.2) is 23.0 Å². The minimum absolute atomic E-state index is 0.0289. The van der Waals surface area contributed by atoms with Crippen LogP contribution < -0.4 is 5.43 Å². The number of aromatic hydroxyl groups is 1. The van der Waals surface area contributed by atoms with Gasteiger partial charge in [0.25, 0.3) is 0 Å². The lowest BCUT2D eigenvalue weighted by Gasteiger charge is -2.09. The quantitative estimate of drug-likeness (QED) is 0.617. The minimum atomic E-state index is -0.895. The van der Waals surface area contributed by atoms with Crippen molar-refractivity contribution in [2.45, 2.75) is 26.3 Å². The van der Waals surface area contributed by atoms with Gasteiger partial charge in [-0.1, -0.05) is 6.07 Å². The largest absolute Gasteiger partial charge is 0.503 e. The Balaban J connectivity index is 2.26. The zero-order valence-corrected chi connectivity index (χ0v) is 13.5. The highest BCUT2D eigenvalue weighted by molar-refractivity contribution is 5.84. The van der Waals surface area contributed by atoms with Crippen LogP contribution in [0.4, 0.5) is 8.78 Å². The molecule has 8 heteroatoms. The van der Waals surface area contributed by atoms with E-state index in [1.54, 1.807) is 6.92 Å². The van der Waals surface area contributed by atoms with Crippen molar-refractivity contribution in [2.24, 2.45) is 0 Å². The zero-order valence-electron chi connectivity index (χ0n) is 13.5. The Kier molecular flexibility index (Phi) is 4.54. The number of aromatic amines is 1. The van der Waals surface area contributed by atoms with Crippen molar-refractivity contribution < 1.29 is 19.0 Å². The summed E-state index contributed by atoms with van der Waals surface area (Å²) in [5, 5.41) is 23.5. The molecule has 0 bridgehead atoms. The number of nitrogens with one attached hydrogen (secondary N) is 1. The van der Waals surface area contributed by atoms with Gasteiger partial charge in [0.1, 0.15) is 17.3 Å². The molecule has 1 aromatic carbocycles. The third kappa shape index (κ3) is 2.89. The fourth-order valence-corrected chi connectivity index (χ4v) is 2.84. The molecule has 0 radical (unpaired) electrons. The number of unbranched alkanes of at least 4 members (excludes halogenated alkanes) is 1. The van der Waals surface area contributed by atoms with Crippen LogP contribution >= 0.6 is 0 Å². The number of fused-ring (bicyclic) bond motifs is 1. The predicted molar refractivity (Wildman–Crippen MR) is 88.4 cm³/mol. The number of nitrogens with zero attached hydrogens (tertiary/aromatic N) is 2. The number of aromatic nitrogens is 3. The smallest absolute Gasteiger partial charge is 0.235 e. The van der Waals surface area contributed by atoms with Crippen LogP contribution in [0, 0.1) is 18.6 Å². The molecular formula is C17H17F2N3O3. The van der Waals surface area contributed by atoms with Crippen LogP contribution in [0.3, 0.4) is 0 Å². The van der Waals surface area contributed by atoms with E-state index in [2.05, 4.69) is 10.1 Å². The molecule has 0 amide bonds. The first-order valence-electron chi connectivity index (χ1n) is 7.83. The molecule has 0 saturated carbocycles. The first kappa shape index (κ1) is 17.1. The van der Waals surface area contributed by atoms with E-state index < -0.39 is 28.4 Å². The van der Waals surface area contributed by atoms with Gasteiger partial charge in [-0.25, -0.2) is 13.5 Å². The first-order chi connectivity index (χ1) is 12.0. The second-order valence-corrected chi connectivity index (χ2v) is 5.74. The van der Waals surface area contributed by atoms with E-state index in [9.17, 15) is 18.7 Å². The van der Waals surface area contributed by atoms with Gasteiger partial charge in [0.15, 0.2) is 5.75 Å². The number of pyridine rings is 1. The van der Waals surface area contributed by atoms with E-state index in [1.165, 1.54) is 10.7 Å². The van der Waals surface area contributed by atoms with Crippen molar-refractivity contribution in [3.63, 3.8) is 0 Å². The van der Waals surface area contributed by atoms with Crippen LogP contribution in [-0.4, -0.2) is 31.6 Å². The number of aliphatic hydroxyl groups excluding tert-OH is 1. The van der Waals surface area contributed by atoms with Gasteiger partial charge in [-0.2, -0.15) is 5.10 Å². The lowest BCUT2D eigenvalue weighted by molar-refractivity contribution is 0.280. The Morgan fingerprint density at radius 3 is 2.56 bits per heavy atom. The second kappa shape index (κ2) is 6.64. The van der Waals surface area contributed by atoms with Crippen molar-refractivity contribution >= 4 is 11.0 Å². The highest BCUT2D eigenvalue weighted by Crippen LogP contribution is 2.31. The molecule has 0 atom stereocenters. The highest BCUT2D eigenvalue weighted by atomic mass is 19.1. The van der Waals surface area contributed by atoms with Gasteiger partial charge in [0.2, 0.25) is 5.43 Å². The van der Waals surface area contributed by atoms with Crippen LogP contribution in [-0.2, 0) is 6.54 Å². The average molecular weight is 349 g/mol. The van der Waals surface area contributed by atoms with Crippen molar-refractivity contribution in [3.05, 3.63) is 45.8 Å². The van der Waals surface area contributed by atoms with Crippen molar-refractivity contribution in [3.8, 4) is 17.0 Å². The molecule has 3 N–H and O–H groups in total. The molecule has 2 heterocycles. The van der Waals surface area contributed by atoms with E-state index in [0.29, 0.717) is 25.1 Å². The van der Waals surface area contributed by atoms with E-state index in [4.69, 9.17) is 5.11 Å². The summed E-state index contributed by atoms with van der Waals surface area (Å²) < 4.78 is 29.7. The molecule has 0 fully saturated rings. The Hall–Kier alpha value is -2.74. The third-order valence-corrected chi connectivity index (χ3v) is 4.04. The molecule has 3 rings (SSSR count). The fraction of sp³-hybridized carbons (Fsp3) is 0.294. The van der Waals surface area contributed by atoms with Gasteiger partial charge in [-0.05, 0) is 31.9 Å². The van der Waals surface area contributed by atoms with E-state index in [0.717, 1.165) is 12.1 Å². The summed E-state index contributed by atoms with van der Waals surface area (Å²) in [5.74, 6) is -2.55. The highest BCUT2D eigenvalue weighted by Gasteiger charge is 2.22. The second-order valence-electron chi connectivity index (χ2n) is 5.74. The lowest BCUT2D eigenvalue weighted by atomic mass is 10.1. The lowest BCUT2D eigenvalue weighted by Crippen LogP contribution is -2.09. The van der Waals surface area contributed by atoms with Gasteiger partial charge in [-0.3, -0.25) is 4.79 Å². The zero-order chi connectivity index (χ0) is 18.1. The average Bonchev–Trinajstić information content (AvgIpc) is 2.88. The van der Waals surface area contributed by atoms with E-state index >= 15 is 0 Å². The normalized spacial score (nSPS) is 11.4. The van der Waals surface area contributed by atoms with Crippen LogP contribution in [0.5, 0.6) is 5.75 Å². The van der Waals surface area contributed by atoms with Crippen molar-refractivity contribution in [2.75, 3.05) is 6.61 Å². The van der Waals surface area contributed by atoms with Crippen LogP contribution in [0.25, 0.3) is 22.3 Å². The predicted octanol–water partition coefficient (Wildman–Crippen LogP) is 2.46. The molecule has 0 aliphatic heterocycles. The molecule has 0 spiro atoms. The van der Waals surface area contributed by atoms with Gasteiger partial charge in [0.05, 0.1) is 22.3 Å². The Morgan fingerprint density at radius 1 is 1.24 bits per heavy atom. The Labute approximate surface area is 141 Å². The maximum atomic E-state index is 14.1. The molecular weight excluding hydrogens is 332 g/mol. The number of hydrogen-bond donors (Lipinski definition) is 3. The van der Waals surface area contributed by atoms with Crippen LogP contribution in [0.2, 0.25) is 0 Å². The topological polar surface area (TPSA) is 91.1 Å². The van der Waals surface area contributed by atoms with E-state index in [-0.39, 0.29) is 23.3 Å². The number of rotatable bonds is 5. The number of H-pyrrole nitrogens is 1. The molecule has 0 unspecified atom stereocenters. The first-order valence-corrected chi connectivity index (χ1v) is 7.83. The summed E-state index contributed by atoms with van der Waals surface area (Å²) in [4.78, 5) is 15.3. The molecule has 0 aliphatic rings. The monoisotopic (exact) mass is 349 g/mol. The molecule has 25 heavy (non-hydrogen) atoms.